The predicted molar refractivity (Wildman–Crippen MR) is 125 cm³/mol. The van der Waals surface area contributed by atoms with Gasteiger partial charge in [-0.25, -0.2) is 4.79 Å². The number of carbonyl (C=O) groups is 5. The molecule has 2 aromatic rings. The number of amides is 1. The molecule has 0 aliphatic carbocycles. The second-order valence-corrected chi connectivity index (χ2v) is 8.31. The minimum Gasteiger partial charge on any atom is -0.506 e. The van der Waals surface area contributed by atoms with Gasteiger partial charge < -0.3 is 34.1 Å². The van der Waals surface area contributed by atoms with Crippen LogP contribution in [0.3, 0.4) is 0 Å². The van der Waals surface area contributed by atoms with Crippen LogP contribution in [0, 0.1) is 0 Å². The summed E-state index contributed by atoms with van der Waals surface area (Å²) in [7, 11) is 0. The highest BCUT2D eigenvalue weighted by atomic mass is 16.7. The number of nitrogens with one attached hydrogen (secondary N) is 1. The molecule has 0 radical (unpaired) electrons. The number of fused-ring (bicyclic) bond motifs is 1. The van der Waals surface area contributed by atoms with Crippen molar-refractivity contribution in [1.29, 1.82) is 0 Å². The molecule has 5 atom stereocenters. The molecule has 1 amide bonds. The summed E-state index contributed by atoms with van der Waals surface area (Å²) in [6.45, 7) is 4.07. The van der Waals surface area contributed by atoms with E-state index in [1.807, 2.05) is 0 Å². The van der Waals surface area contributed by atoms with Crippen molar-refractivity contribution in [3.63, 3.8) is 0 Å². The summed E-state index contributed by atoms with van der Waals surface area (Å²) in [5, 5.41) is 14.3. The lowest BCUT2D eigenvalue weighted by Gasteiger charge is -2.44. The molecule has 1 fully saturated rings. The van der Waals surface area contributed by atoms with Gasteiger partial charge in [0.2, 0.25) is 12.2 Å². The van der Waals surface area contributed by atoms with E-state index in [2.05, 4.69) is 5.32 Å². The fourth-order valence-corrected chi connectivity index (χ4v) is 3.98. The van der Waals surface area contributed by atoms with Crippen LogP contribution in [0.5, 0.6) is 5.75 Å². The molecule has 1 aliphatic heterocycles. The maximum Gasteiger partial charge on any atom is 0.344 e. The molecule has 2 N–H and O–H groups in total. The lowest BCUT2D eigenvalue weighted by molar-refractivity contribution is -0.263. The number of hydrogen-bond acceptors (Lipinski definition) is 11. The number of rotatable bonds is 7. The summed E-state index contributed by atoms with van der Waals surface area (Å²) < 4.78 is 27.0. The molecule has 0 aromatic heterocycles. The van der Waals surface area contributed by atoms with E-state index in [9.17, 15) is 29.1 Å². The SMILES string of the molecule is CC(=O)N[C@@H]1[C@H](OC(=O)c2ccc3ccccc3c2O)O[C@H](COC(C)=O)[C@@H](OC(C)=O)[C@H]1OC(C)=O. The Morgan fingerprint density at radius 2 is 1.51 bits per heavy atom. The lowest BCUT2D eigenvalue weighted by atomic mass is 9.96. The number of phenols is 1. The first-order valence-electron chi connectivity index (χ1n) is 11.3. The van der Waals surface area contributed by atoms with Crippen molar-refractivity contribution in [3.05, 3.63) is 42.0 Å². The topological polar surface area (TPSA) is 164 Å². The van der Waals surface area contributed by atoms with Gasteiger partial charge in [-0.3, -0.25) is 19.2 Å². The Hall–Kier alpha value is -4.19. The van der Waals surface area contributed by atoms with Crippen LogP contribution < -0.4 is 5.32 Å². The molecule has 1 aliphatic rings. The van der Waals surface area contributed by atoms with Gasteiger partial charge in [-0.05, 0) is 11.5 Å². The van der Waals surface area contributed by atoms with E-state index in [0.29, 0.717) is 10.8 Å². The van der Waals surface area contributed by atoms with Gasteiger partial charge in [-0.15, -0.1) is 0 Å². The van der Waals surface area contributed by atoms with Crippen LogP contribution >= 0.6 is 0 Å². The molecule has 1 saturated heterocycles. The van der Waals surface area contributed by atoms with Crippen molar-refractivity contribution in [1.82, 2.24) is 5.32 Å². The molecule has 12 heteroatoms. The Balaban J connectivity index is 2.00. The minimum atomic E-state index is -1.60. The standard InChI is InChI=1S/C25H27NO11/c1-12(27)26-20-23(35-15(4)30)22(34-14(3)29)19(11-33-13(2)28)36-25(20)37-24(32)18-10-9-16-7-5-6-8-17(16)21(18)31/h5-10,19-20,22-23,25,31H,11H2,1-4H3,(H,26,27)/t19-,20+,22-,23+,25+/m1/s1. The third-order valence-electron chi connectivity index (χ3n) is 5.41. The third kappa shape index (κ3) is 6.73. The minimum absolute atomic E-state index is 0.188. The van der Waals surface area contributed by atoms with E-state index < -0.39 is 67.0 Å². The second kappa shape index (κ2) is 11.7. The molecule has 1 heterocycles. The molecule has 2 aromatic carbocycles. The van der Waals surface area contributed by atoms with Crippen molar-refractivity contribution in [3.8, 4) is 5.75 Å². The van der Waals surface area contributed by atoms with Crippen LogP contribution in [-0.2, 0) is 42.9 Å². The highest BCUT2D eigenvalue weighted by molar-refractivity contribution is 6.01. The first-order valence-corrected chi connectivity index (χ1v) is 11.3. The monoisotopic (exact) mass is 517 g/mol. The Labute approximate surface area is 211 Å². The largest absolute Gasteiger partial charge is 0.506 e. The van der Waals surface area contributed by atoms with Gasteiger partial charge in [-0.1, -0.05) is 30.3 Å². The van der Waals surface area contributed by atoms with Gasteiger partial charge in [0, 0.05) is 33.1 Å². The number of hydrogen-bond donors (Lipinski definition) is 2. The summed E-state index contributed by atoms with van der Waals surface area (Å²) in [4.78, 5) is 60.3. The smallest absolute Gasteiger partial charge is 0.344 e. The molecule has 0 saturated carbocycles. The van der Waals surface area contributed by atoms with Crippen molar-refractivity contribution in [2.75, 3.05) is 6.61 Å². The summed E-state index contributed by atoms with van der Waals surface area (Å²) in [6.07, 6.45) is -5.56. The summed E-state index contributed by atoms with van der Waals surface area (Å²) >= 11 is 0. The summed E-state index contributed by atoms with van der Waals surface area (Å²) in [5.74, 6) is -4.17. The fourth-order valence-electron chi connectivity index (χ4n) is 3.98. The van der Waals surface area contributed by atoms with E-state index in [1.54, 1.807) is 30.3 Å². The number of ether oxygens (including phenoxy) is 5. The Bertz CT molecular complexity index is 1210. The molecule has 0 spiro atoms. The quantitative estimate of drug-likeness (QED) is 0.402. The highest BCUT2D eigenvalue weighted by Crippen LogP contribution is 2.32. The van der Waals surface area contributed by atoms with Crippen LogP contribution in [0.1, 0.15) is 38.1 Å². The first kappa shape index (κ1) is 27.4. The third-order valence-corrected chi connectivity index (χ3v) is 5.41. The van der Waals surface area contributed by atoms with Gasteiger partial charge in [0.1, 0.15) is 30.1 Å². The van der Waals surface area contributed by atoms with Crippen LogP contribution in [0.2, 0.25) is 0 Å². The van der Waals surface area contributed by atoms with Crippen LogP contribution in [-0.4, -0.2) is 72.1 Å². The summed E-state index contributed by atoms with van der Waals surface area (Å²) in [5.41, 5.74) is -0.188. The zero-order valence-electron chi connectivity index (χ0n) is 20.6. The van der Waals surface area contributed by atoms with E-state index in [0.717, 1.165) is 20.8 Å². The van der Waals surface area contributed by atoms with Crippen molar-refractivity contribution in [2.45, 2.75) is 58.3 Å². The Morgan fingerprint density at radius 1 is 0.865 bits per heavy atom. The molecule has 198 valence electrons. The first-order chi connectivity index (χ1) is 17.5. The van der Waals surface area contributed by atoms with Gasteiger partial charge in [-0.2, -0.15) is 0 Å². The van der Waals surface area contributed by atoms with Crippen LogP contribution in [0.4, 0.5) is 0 Å². The number of esters is 4. The zero-order valence-corrected chi connectivity index (χ0v) is 20.6. The molecular weight excluding hydrogens is 490 g/mol. The maximum absolute atomic E-state index is 13.1. The number of aromatic hydroxyl groups is 1. The number of phenolic OH excluding ortho intramolecular Hbond substituents is 1. The van der Waals surface area contributed by atoms with Gasteiger partial charge in [0.05, 0.1) is 0 Å². The normalized spacial score (nSPS) is 23.0. The molecule has 0 unspecified atom stereocenters. The van der Waals surface area contributed by atoms with Crippen molar-refractivity contribution < 1.29 is 52.8 Å². The molecule has 12 nitrogen and oxygen atoms in total. The molecule has 0 bridgehead atoms. The fraction of sp³-hybridized carbons (Fsp3) is 0.400. The zero-order chi connectivity index (χ0) is 27.3. The van der Waals surface area contributed by atoms with Crippen molar-refractivity contribution >= 4 is 40.6 Å². The summed E-state index contributed by atoms with van der Waals surface area (Å²) in [6, 6.07) is 8.47. The van der Waals surface area contributed by atoms with Crippen molar-refractivity contribution in [2.24, 2.45) is 0 Å². The second-order valence-electron chi connectivity index (χ2n) is 8.31. The van der Waals surface area contributed by atoms with Gasteiger partial charge in [0.15, 0.2) is 12.2 Å². The van der Waals surface area contributed by atoms with Crippen LogP contribution in [0.15, 0.2) is 36.4 Å². The molecule has 37 heavy (non-hydrogen) atoms. The van der Waals surface area contributed by atoms with E-state index in [4.69, 9.17) is 23.7 Å². The maximum atomic E-state index is 13.1. The van der Waals surface area contributed by atoms with Gasteiger partial charge in [0.25, 0.3) is 0 Å². The van der Waals surface area contributed by atoms with E-state index >= 15 is 0 Å². The Morgan fingerprint density at radius 3 is 2.14 bits per heavy atom. The Kier molecular flexibility index (Phi) is 8.66. The average molecular weight is 517 g/mol. The van der Waals surface area contributed by atoms with E-state index in [-0.39, 0.29) is 11.3 Å². The molecule has 3 rings (SSSR count). The van der Waals surface area contributed by atoms with Gasteiger partial charge >= 0.3 is 23.9 Å². The predicted octanol–water partition coefficient (Wildman–Crippen LogP) is 1.36. The number of carbonyl (C=O) groups excluding carboxylic acids is 5. The van der Waals surface area contributed by atoms with E-state index in [1.165, 1.54) is 13.0 Å². The lowest BCUT2D eigenvalue weighted by Crippen LogP contribution is -2.66. The highest BCUT2D eigenvalue weighted by Gasteiger charge is 2.52. The average Bonchev–Trinajstić information content (AvgIpc) is 2.81. The van der Waals surface area contributed by atoms with Crippen LogP contribution in [0.25, 0.3) is 10.8 Å². The number of benzene rings is 2. The molecular formula is C25H27NO11.